The molecule has 1 aliphatic heterocycles. The Morgan fingerprint density at radius 1 is 1.04 bits per heavy atom. The zero-order valence-electron chi connectivity index (χ0n) is 15.7. The number of rotatable bonds is 6. The average molecular weight is 423 g/mol. The van der Waals surface area contributed by atoms with Crippen LogP contribution in [0.15, 0.2) is 53.4 Å². The first kappa shape index (κ1) is 20.8. The maximum Gasteiger partial charge on any atom is 0.338 e. The second-order valence-electron chi connectivity index (χ2n) is 6.52. The normalized spacial score (nSPS) is 16.1. The van der Waals surface area contributed by atoms with Gasteiger partial charge in [0.05, 0.1) is 17.1 Å². The molecule has 6 nitrogen and oxygen atoms in total. The van der Waals surface area contributed by atoms with Crippen LogP contribution in [0.3, 0.4) is 0 Å². The van der Waals surface area contributed by atoms with E-state index in [4.69, 9.17) is 16.3 Å². The van der Waals surface area contributed by atoms with Crippen LogP contribution in [0.2, 0.25) is 5.02 Å². The molecular weight excluding hydrogens is 400 g/mol. The highest BCUT2D eigenvalue weighted by Gasteiger charge is 2.28. The zero-order valence-corrected chi connectivity index (χ0v) is 17.2. The minimum absolute atomic E-state index is 0.181. The van der Waals surface area contributed by atoms with E-state index in [1.165, 1.54) is 28.6 Å². The van der Waals surface area contributed by atoms with Gasteiger partial charge in [0, 0.05) is 37.7 Å². The second kappa shape index (κ2) is 9.05. The molecule has 2 aromatic carbocycles. The number of esters is 1. The van der Waals surface area contributed by atoms with Gasteiger partial charge in [-0.3, -0.25) is 4.90 Å². The highest BCUT2D eigenvalue weighted by molar-refractivity contribution is 7.89. The molecule has 0 bridgehead atoms. The van der Waals surface area contributed by atoms with Crippen molar-refractivity contribution in [1.82, 2.24) is 9.21 Å². The lowest BCUT2D eigenvalue weighted by Crippen LogP contribution is -2.48. The van der Waals surface area contributed by atoms with E-state index in [2.05, 4.69) is 4.90 Å². The molecule has 1 saturated heterocycles. The Morgan fingerprint density at radius 2 is 1.68 bits per heavy atom. The predicted octanol–water partition coefficient (Wildman–Crippen LogP) is 3.02. The zero-order chi connectivity index (χ0) is 20.1. The molecule has 0 N–H and O–H groups in total. The standard InChI is InChI=1S/C20H23ClN2O4S/c1-2-27-20(24)16-7-9-18(10-8-16)28(25,26)23-13-11-22(12-14-23)15-17-5-3-4-6-19(17)21/h3-10H,2,11-15H2,1H3. The van der Waals surface area contributed by atoms with E-state index in [-0.39, 0.29) is 11.5 Å². The minimum Gasteiger partial charge on any atom is -0.462 e. The molecule has 0 saturated carbocycles. The van der Waals surface area contributed by atoms with Crippen LogP contribution in [0, 0.1) is 0 Å². The lowest BCUT2D eigenvalue weighted by molar-refractivity contribution is 0.0526. The van der Waals surface area contributed by atoms with Crippen molar-refractivity contribution in [2.75, 3.05) is 32.8 Å². The fourth-order valence-electron chi connectivity index (χ4n) is 3.12. The number of piperazine rings is 1. The molecule has 8 heteroatoms. The molecule has 0 atom stereocenters. The number of hydrogen-bond acceptors (Lipinski definition) is 5. The molecule has 3 rings (SSSR count). The van der Waals surface area contributed by atoms with Gasteiger partial charge in [0.2, 0.25) is 10.0 Å². The summed E-state index contributed by atoms with van der Waals surface area (Å²) in [4.78, 5) is 14.1. The summed E-state index contributed by atoms with van der Waals surface area (Å²) in [6.07, 6.45) is 0. The van der Waals surface area contributed by atoms with Gasteiger partial charge in [0.15, 0.2) is 0 Å². The molecule has 1 heterocycles. The van der Waals surface area contributed by atoms with Gasteiger partial charge in [0.25, 0.3) is 0 Å². The van der Waals surface area contributed by atoms with E-state index in [1.54, 1.807) is 6.92 Å². The number of hydrogen-bond donors (Lipinski definition) is 0. The molecule has 0 aromatic heterocycles. The largest absolute Gasteiger partial charge is 0.462 e. The number of benzene rings is 2. The van der Waals surface area contributed by atoms with E-state index in [9.17, 15) is 13.2 Å². The molecular formula is C20H23ClN2O4S. The highest BCUT2D eigenvalue weighted by atomic mass is 35.5. The Hall–Kier alpha value is -1.93. The van der Waals surface area contributed by atoms with Gasteiger partial charge in [-0.1, -0.05) is 29.8 Å². The van der Waals surface area contributed by atoms with E-state index in [1.807, 2.05) is 24.3 Å². The summed E-state index contributed by atoms with van der Waals surface area (Å²) < 4.78 is 32.2. The Labute approximate surface area is 170 Å². The van der Waals surface area contributed by atoms with Gasteiger partial charge < -0.3 is 4.74 Å². The number of carbonyl (C=O) groups is 1. The Kier molecular flexibility index (Phi) is 6.72. The first-order chi connectivity index (χ1) is 13.4. The Morgan fingerprint density at radius 3 is 2.29 bits per heavy atom. The number of carbonyl (C=O) groups excluding carboxylic acids is 1. The fraction of sp³-hybridized carbons (Fsp3) is 0.350. The van der Waals surface area contributed by atoms with Gasteiger partial charge in [-0.25, -0.2) is 13.2 Å². The Balaban J connectivity index is 1.63. The quantitative estimate of drug-likeness (QED) is 0.669. The molecule has 2 aromatic rings. The van der Waals surface area contributed by atoms with E-state index < -0.39 is 16.0 Å². The van der Waals surface area contributed by atoms with Gasteiger partial charge in [-0.05, 0) is 42.8 Å². The molecule has 1 aliphatic rings. The van der Waals surface area contributed by atoms with Gasteiger partial charge >= 0.3 is 5.97 Å². The van der Waals surface area contributed by atoms with Crippen LogP contribution in [-0.4, -0.2) is 56.4 Å². The van der Waals surface area contributed by atoms with E-state index in [0.717, 1.165) is 10.6 Å². The summed E-state index contributed by atoms with van der Waals surface area (Å²) >= 11 is 6.21. The number of sulfonamides is 1. The van der Waals surface area contributed by atoms with Crippen molar-refractivity contribution in [3.05, 3.63) is 64.7 Å². The number of ether oxygens (including phenoxy) is 1. The highest BCUT2D eigenvalue weighted by Crippen LogP contribution is 2.21. The first-order valence-electron chi connectivity index (χ1n) is 9.15. The van der Waals surface area contributed by atoms with Crippen molar-refractivity contribution in [1.29, 1.82) is 0 Å². The van der Waals surface area contributed by atoms with Crippen LogP contribution >= 0.6 is 11.6 Å². The maximum absolute atomic E-state index is 12.9. The number of halogens is 1. The smallest absolute Gasteiger partial charge is 0.338 e. The van der Waals surface area contributed by atoms with Crippen LogP contribution in [0.25, 0.3) is 0 Å². The van der Waals surface area contributed by atoms with Gasteiger partial charge in [-0.2, -0.15) is 4.31 Å². The van der Waals surface area contributed by atoms with E-state index >= 15 is 0 Å². The maximum atomic E-state index is 12.9. The SMILES string of the molecule is CCOC(=O)c1ccc(S(=O)(=O)N2CCN(Cc3ccccc3Cl)CC2)cc1. The molecule has 150 valence electrons. The molecule has 0 unspecified atom stereocenters. The Bertz CT molecular complexity index is 923. The molecule has 0 amide bonds. The van der Waals surface area contributed by atoms with Crippen molar-refractivity contribution in [2.45, 2.75) is 18.4 Å². The summed E-state index contributed by atoms with van der Waals surface area (Å²) in [6, 6.07) is 13.6. The third kappa shape index (κ3) is 4.72. The van der Waals surface area contributed by atoms with Crippen molar-refractivity contribution >= 4 is 27.6 Å². The molecule has 0 spiro atoms. The van der Waals surface area contributed by atoms with Crippen molar-refractivity contribution in [3.63, 3.8) is 0 Å². The van der Waals surface area contributed by atoms with Crippen LogP contribution in [0.1, 0.15) is 22.8 Å². The van der Waals surface area contributed by atoms with E-state index in [0.29, 0.717) is 38.3 Å². The number of nitrogens with zero attached hydrogens (tertiary/aromatic N) is 2. The van der Waals surface area contributed by atoms with Crippen LogP contribution < -0.4 is 0 Å². The molecule has 0 aliphatic carbocycles. The van der Waals surface area contributed by atoms with Crippen molar-refractivity contribution in [2.24, 2.45) is 0 Å². The summed E-state index contributed by atoms with van der Waals surface area (Å²) in [5, 5.41) is 0.722. The lowest BCUT2D eigenvalue weighted by Gasteiger charge is -2.34. The third-order valence-corrected chi connectivity index (χ3v) is 6.97. The van der Waals surface area contributed by atoms with Crippen LogP contribution in [-0.2, 0) is 21.3 Å². The minimum atomic E-state index is -3.59. The third-order valence-electron chi connectivity index (χ3n) is 4.69. The molecule has 28 heavy (non-hydrogen) atoms. The topological polar surface area (TPSA) is 66.9 Å². The van der Waals surface area contributed by atoms with Gasteiger partial charge in [-0.15, -0.1) is 0 Å². The monoisotopic (exact) mass is 422 g/mol. The molecule has 0 radical (unpaired) electrons. The van der Waals surface area contributed by atoms with Crippen LogP contribution in [0.5, 0.6) is 0 Å². The summed E-state index contributed by atoms with van der Waals surface area (Å²) in [7, 11) is -3.59. The van der Waals surface area contributed by atoms with Gasteiger partial charge in [0.1, 0.15) is 0 Å². The second-order valence-corrected chi connectivity index (χ2v) is 8.86. The van der Waals surface area contributed by atoms with Crippen LogP contribution in [0.4, 0.5) is 0 Å². The summed E-state index contributed by atoms with van der Waals surface area (Å²) in [5.41, 5.74) is 1.38. The fourth-order valence-corrected chi connectivity index (χ4v) is 4.74. The summed E-state index contributed by atoms with van der Waals surface area (Å²) in [6.45, 7) is 4.77. The van der Waals surface area contributed by atoms with Crippen molar-refractivity contribution in [3.8, 4) is 0 Å². The average Bonchev–Trinajstić information content (AvgIpc) is 2.70. The summed E-state index contributed by atoms with van der Waals surface area (Å²) in [5.74, 6) is -0.459. The first-order valence-corrected chi connectivity index (χ1v) is 11.0. The molecule has 1 fully saturated rings. The predicted molar refractivity (Wildman–Crippen MR) is 108 cm³/mol. The lowest BCUT2D eigenvalue weighted by atomic mass is 10.2. The van der Waals surface area contributed by atoms with Crippen molar-refractivity contribution < 1.29 is 17.9 Å².